The Morgan fingerprint density at radius 2 is 0.111 bits per heavy atom. The zero-order chi connectivity index (χ0) is 0. The number of halogens is 6. The van der Waals surface area contributed by atoms with Crippen LogP contribution in [0.2, 0.25) is 0 Å². The monoisotopic (exact) mass is 1040 g/mol. The summed E-state index contributed by atoms with van der Waals surface area (Å²) in [6, 6.07) is 0. The second kappa shape index (κ2) is 304. The molecule has 0 aromatic heterocycles. The molecule has 132 valence electrons. The summed E-state index contributed by atoms with van der Waals surface area (Å²) in [6.45, 7) is 0. The van der Waals surface area contributed by atoms with Crippen molar-refractivity contribution < 1.29 is 28.2 Å². The van der Waals surface area contributed by atoms with Gasteiger partial charge in [0.25, 0.3) is 0 Å². The van der Waals surface area contributed by atoms with E-state index in [1.54, 1.807) is 0 Å². The Labute approximate surface area is 235 Å². The molecule has 0 aromatic rings. The molecule has 0 N–H and O–H groups in total. The van der Waals surface area contributed by atoms with Crippen LogP contribution < -0.4 is 0 Å². The molecular weight excluding hydrogens is 985 g/mol. The van der Waals surface area contributed by atoms with Crippen molar-refractivity contribution in [3.63, 3.8) is 0 Å². The SMILES string of the molecule is F.F.F.F.F.F.[GeH3].[GeH3].[GeH3].[GeH3].[GeH3].[GeH3].[GeH3].[GeH3].[GeH3].[GeH3].[GeH3].[GeH3]. The normalized spacial score (nSPS) is 0. The molecule has 0 saturated carbocycles. The fourth-order valence-electron chi connectivity index (χ4n) is 0. The third-order valence-electron chi connectivity index (χ3n) is 0. The van der Waals surface area contributed by atoms with Crippen molar-refractivity contribution >= 4 is 211 Å². The van der Waals surface area contributed by atoms with Gasteiger partial charge in [-0.05, 0) is 0 Å². The van der Waals surface area contributed by atoms with E-state index in [4.69, 9.17) is 0 Å². The molecule has 0 bridgehead atoms. The molecule has 0 rings (SSSR count). The van der Waals surface area contributed by atoms with E-state index in [1.807, 2.05) is 0 Å². The summed E-state index contributed by atoms with van der Waals surface area (Å²) in [5.74, 6) is 0. The van der Waals surface area contributed by atoms with Gasteiger partial charge >= 0.3 is 211 Å². The van der Waals surface area contributed by atoms with Crippen LogP contribution in [-0.4, -0.2) is 211 Å². The van der Waals surface area contributed by atoms with Gasteiger partial charge in [0, 0.05) is 0 Å². The summed E-state index contributed by atoms with van der Waals surface area (Å²) in [7, 11) is 0. The zero-order valence-corrected chi connectivity index (χ0v) is 64.8. The minimum absolute atomic E-state index is 0. The van der Waals surface area contributed by atoms with Crippen LogP contribution in [0.5, 0.6) is 0 Å². The van der Waals surface area contributed by atoms with Gasteiger partial charge in [0.05, 0.1) is 0 Å². The van der Waals surface area contributed by atoms with Crippen molar-refractivity contribution in [1.29, 1.82) is 0 Å². The van der Waals surface area contributed by atoms with E-state index in [0.29, 0.717) is 0 Å². The third kappa shape index (κ3) is 265. The van der Waals surface area contributed by atoms with Gasteiger partial charge in [0.2, 0.25) is 0 Å². The van der Waals surface area contributed by atoms with Crippen LogP contribution in [0, 0.1) is 0 Å². The first kappa shape index (κ1) is 346. The molecule has 0 unspecified atom stereocenters. The molecule has 0 heterocycles. The summed E-state index contributed by atoms with van der Waals surface area (Å²) in [4.78, 5) is 0. The topological polar surface area (TPSA) is 0 Å². The van der Waals surface area contributed by atoms with Crippen LogP contribution in [-0.2, 0) is 0 Å². The maximum atomic E-state index is 0. The molecule has 0 saturated heterocycles. The molecule has 0 atom stereocenters. The van der Waals surface area contributed by atoms with E-state index in [1.165, 1.54) is 0 Å². The van der Waals surface area contributed by atoms with Gasteiger partial charge in [0.15, 0.2) is 0 Å². The Kier molecular flexibility index (Phi) is 5830. The van der Waals surface area contributed by atoms with Crippen LogP contribution in [0.25, 0.3) is 0 Å². The van der Waals surface area contributed by atoms with Crippen molar-refractivity contribution in [1.82, 2.24) is 0 Å². The minimum atomic E-state index is 0. The second-order valence-electron chi connectivity index (χ2n) is 0. The fraction of sp³-hybridized carbons (Fsp3) is 0. The molecule has 0 aliphatic carbocycles. The molecule has 0 fully saturated rings. The summed E-state index contributed by atoms with van der Waals surface area (Å²) in [6.07, 6.45) is 0. The predicted molar refractivity (Wildman–Crippen MR) is 134 cm³/mol. The van der Waals surface area contributed by atoms with Gasteiger partial charge in [-0.25, -0.2) is 0 Å². The molecule has 0 spiro atoms. The van der Waals surface area contributed by atoms with Crippen LogP contribution in [0.4, 0.5) is 28.2 Å². The standard InChI is InChI=1S/6FH.12GeH3/h6*1H;12*1H3. The molecule has 0 aliphatic rings. The van der Waals surface area contributed by atoms with E-state index >= 15 is 0 Å². The first-order chi connectivity index (χ1) is 0. The van der Waals surface area contributed by atoms with E-state index in [-0.39, 0.29) is 239 Å². The van der Waals surface area contributed by atoms with E-state index in [9.17, 15) is 0 Å². The van der Waals surface area contributed by atoms with E-state index in [2.05, 4.69) is 0 Å². The second-order valence-corrected chi connectivity index (χ2v) is 0. The first-order valence-corrected chi connectivity index (χ1v) is 0. The number of rotatable bonds is 0. The van der Waals surface area contributed by atoms with Crippen LogP contribution in [0.15, 0.2) is 0 Å². The first-order valence-electron chi connectivity index (χ1n) is 0. The van der Waals surface area contributed by atoms with Gasteiger partial charge in [-0.3, -0.25) is 28.2 Å². The number of hydrogen-bond acceptors (Lipinski definition) is 0. The number of hydrogen-bond donors (Lipinski definition) is 0. The molecule has 18 heteroatoms. The molecule has 0 aliphatic heterocycles. The van der Waals surface area contributed by atoms with Crippen LogP contribution in [0.3, 0.4) is 0 Å². The maximum absolute atomic E-state index is 0. The van der Waals surface area contributed by atoms with Crippen molar-refractivity contribution in [2.24, 2.45) is 0 Å². The molecule has 0 aromatic carbocycles. The quantitative estimate of drug-likeness (QED) is 0.168. The Balaban J connectivity index is 0. The zero-order valence-electron chi connectivity index (χ0n) is 14.4. The molecule has 0 amide bonds. The summed E-state index contributed by atoms with van der Waals surface area (Å²) in [5, 5.41) is 0. The summed E-state index contributed by atoms with van der Waals surface area (Å²) < 4.78 is 0. The Hall–Kier alpha value is 6.09. The Morgan fingerprint density at radius 3 is 0.111 bits per heavy atom. The predicted octanol–water partition coefficient (Wildman–Crippen LogP) is -13.3. The molecular formula is H42F6Ge12. The van der Waals surface area contributed by atoms with Gasteiger partial charge in [-0.2, -0.15) is 0 Å². The van der Waals surface area contributed by atoms with Gasteiger partial charge in [-0.1, -0.05) is 0 Å². The van der Waals surface area contributed by atoms with Crippen molar-refractivity contribution in [3.05, 3.63) is 0 Å². The van der Waals surface area contributed by atoms with Crippen LogP contribution in [0.1, 0.15) is 0 Å². The van der Waals surface area contributed by atoms with Gasteiger partial charge in [0.1, 0.15) is 0 Å². The molecule has 0 nitrogen and oxygen atoms in total. The Bertz CT molecular complexity index is 16.5. The van der Waals surface area contributed by atoms with Crippen molar-refractivity contribution in [2.45, 2.75) is 0 Å². The van der Waals surface area contributed by atoms with Gasteiger partial charge < -0.3 is 0 Å². The van der Waals surface area contributed by atoms with Crippen molar-refractivity contribution in [2.75, 3.05) is 0 Å². The van der Waals surface area contributed by atoms with Crippen LogP contribution >= 0.6 is 0 Å². The fourth-order valence-corrected chi connectivity index (χ4v) is 0. The van der Waals surface area contributed by atoms with E-state index < -0.39 is 0 Å². The third-order valence-corrected chi connectivity index (χ3v) is 0. The Morgan fingerprint density at radius 1 is 0.111 bits per heavy atom. The average Bonchev–Trinajstić information content (AvgIpc) is 0. The average molecular weight is 1030 g/mol. The summed E-state index contributed by atoms with van der Waals surface area (Å²) >= 11 is 0. The molecule has 18 heavy (non-hydrogen) atoms. The summed E-state index contributed by atoms with van der Waals surface area (Å²) in [5.41, 5.74) is 0. The van der Waals surface area contributed by atoms with E-state index in [0.717, 1.165) is 0 Å². The molecule has 12 radical (unpaired) electrons. The van der Waals surface area contributed by atoms with Gasteiger partial charge in [-0.15, -0.1) is 0 Å². The van der Waals surface area contributed by atoms with Crippen molar-refractivity contribution in [3.8, 4) is 0 Å².